The Kier molecular flexibility index (Phi) is 4.24. The highest BCUT2D eigenvalue weighted by atomic mass is 35.5. The number of fused-ring (bicyclic) bond motifs is 1. The number of nitrogens with zero attached hydrogens (tertiary/aromatic N) is 3. The number of sulfone groups is 1. The topological polar surface area (TPSA) is 86.0 Å². The maximum atomic E-state index is 12.5. The fourth-order valence-electron chi connectivity index (χ4n) is 3.30. The second kappa shape index (κ2) is 6.44. The summed E-state index contributed by atoms with van der Waals surface area (Å²) in [4.78, 5) is 12.5. The van der Waals surface area contributed by atoms with E-state index in [-0.39, 0.29) is 30.0 Å². The van der Waals surface area contributed by atoms with Gasteiger partial charge in [0.1, 0.15) is 12.4 Å². The van der Waals surface area contributed by atoms with Gasteiger partial charge in [-0.2, -0.15) is 5.10 Å². The van der Waals surface area contributed by atoms with Gasteiger partial charge in [-0.25, -0.2) is 13.1 Å². The molecule has 0 spiro atoms. The Bertz CT molecular complexity index is 1090. The van der Waals surface area contributed by atoms with E-state index in [2.05, 4.69) is 10.4 Å². The van der Waals surface area contributed by atoms with Crippen LogP contribution in [0.3, 0.4) is 0 Å². The third kappa shape index (κ3) is 3.34. The number of benzene rings is 1. The molecule has 0 radical (unpaired) electrons. The van der Waals surface area contributed by atoms with Crippen LogP contribution in [0.25, 0.3) is 10.9 Å². The molecule has 136 valence electrons. The molecule has 9 heteroatoms. The lowest BCUT2D eigenvalue weighted by Gasteiger charge is -2.14. The molecule has 0 unspecified atom stereocenters. The number of aromatic nitrogens is 3. The average Bonchev–Trinajstić information content (AvgIpc) is 3.27. The van der Waals surface area contributed by atoms with Crippen molar-refractivity contribution in [2.24, 2.45) is 0 Å². The zero-order chi connectivity index (χ0) is 18.3. The molecule has 1 aliphatic rings. The third-order valence-corrected chi connectivity index (χ3v) is 6.53. The zero-order valence-electron chi connectivity index (χ0n) is 13.8. The number of hydrogen-bond acceptors (Lipinski definition) is 4. The van der Waals surface area contributed by atoms with Crippen LogP contribution >= 0.6 is 11.6 Å². The normalized spacial score (nSPS) is 19.0. The Morgan fingerprint density at radius 1 is 1.31 bits per heavy atom. The Balaban J connectivity index is 1.51. The second-order valence-electron chi connectivity index (χ2n) is 6.41. The summed E-state index contributed by atoms with van der Waals surface area (Å²) in [5.74, 6) is 0.496. The second-order valence-corrected chi connectivity index (χ2v) is 9.08. The van der Waals surface area contributed by atoms with Gasteiger partial charge in [-0.3, -0.25) is 4.79 Å². The Morgan fingerprint density at radius 3 is 2.92 bits per heavy atom. The molecule has 0 saturated carbocycles. The van der Waals surface area contributed by atoms with E-state index in [0.717, 1.165) is 10.9 Å². The van der Waals surface area contributed by atoms with Gasteiger partial charge >= 0.3 is 0 Å². The van der Waals surface area contributed by atoms with Gasteiger partial charge in [0.25, 0.3) is 0 Å². The maximum absolute atomic E-state index is 12.5. The van der Waals surface area contributed by atoms with Crippen LogP contribution < -0.4 is 5.32 Å². The van der Waals surface area contributed by atoms with E-state index in [1.807, 2.05) is 35.0 Å². The minimum Gasteiger partial charge on any atom is -0.338 e. The molecule has 3 aromatic rings. The monoisotopic (exact) mass is 392 g/mol. The smallest absolute Gasteiger partial charge is 0.245 e. The summed E-state index contributed by atoms with van der Waals surface area (Å²) in [6, 6.07) is 8.89. The van der Waals surface area contributed by atoms with Gasteiger partial charge in [0.05, 0.1) is 23.7 Å². The highest BCUT2D eigenvalue weighted by molar-refractivity contribution is 7.91. The molecule has 0 bridgehead atoms. The number of hydrogen-bond donors (Lipinski definition) is 1. The molecule has 7 nitrogen and oxygen atoms in total. The molecule has 1 atom stereocenters. The van der Waals surface area contributed by atoms with Gasteiger partial charge in [-0.1, -0.05) is 17.7 Å². The molecule has 0 aliphatic carbocycles. The molecule has 1 aliphatic heterocycles. The summed E-state index contributed by atoms with van der Waals surface area (Å²) in [5, 5.41) is 8.63. The fourth-order valence-corrected chi connectivity index (χ4v) is 5.16. The van der Waals surface area contributed by atoms with Crippen LogP contribution in [0, 0.1) is 0 Å². The number of amides is 1. The van der Waals surface area contributed by atoms with Crippen molar-refractivity contribution in [1.82, 2.24) is 14.3 Å². The summed E-state index contributed by atoms with van der Waals surface area (Å²) >= 11 is 6.04. The van der Waals surface area contributed by atoms with E-state index in [4.69, 9.17) is 11.6 Å². The van der Waals surface area contributed by atoms with Gasteiger partial charge in [0, 0.05) is 22.8 Å². The number of rotatable bonds is 4. The largest absolute Gasteiger partial charge is 0.338 e. The first kappa shape index (κ1) is 17.1. The molecule has 1 fully saturated rings. The molecule has 3 heterocycles. The van der Waals surface area contributed by atoms with Crippen LogP contribution in [-0.2, 0) is 21.2 Å². The Morgan fingerprint density at radius 2 is 2.15 bits per heavy atom. The number of halogens is 1. The SMILES string of the molecule is O=C(Cn1ccc2ccc(Cl)cc21)Nc1ccnn1[C@H]1CCS(=O)(=O)C1. The van der Waals surface area contributed by atoms with Crippen molar-refractivity contribution in [3.05, 3.63) is 47.7 Å². The predicted octanol–water partition coefficient (Wildman–Crippen LogP) is 2.49. The van der Waals surface area contributed by atoms with Gasteiger partial charge in [0.15, 0.2) is 9.84 Å². The first-order valence-electron chi connectivity index (χ1n) is 8.19. The molecule has 2 aromatic heterocycles. The predicted molar refractivity (Wildman–Crippen MR) is 100 cm³/mol. The fraction of sp³-hybridized carbons (Fsp3) is 0.294. The standard InChI is InChI=1S/C17H17ClN4O3S/c18-13-2-1-12-4-7-21(15(12)9-13)10-17(23)20-16-3-6-19-22(16)14-5-8-26(24,25)11-14/h1-4,6-7,9,14H,5,8,10-11H2,(H,20,23)/t14-/m0/s1. The molecule has 1 aromatic carbocycles. The van der Waals surface area contributed by atoms with Gasteiger partial charge in [0.2, 0.25) is 5.91 Å². The number of carbonyl (C=O) groups excluding carboxylic acids is 1. The molecule has 1 saturated heterocycles. The van der Waals surface area contributed by atoms with E-state index in [1.165, 1.54) is 0 Å². The van der Waals surface area contributed by atoms with E-state index >= 15 is 0 Å². The molecule has 4 rings (SSSR count). The summed E-state index contributed by atoms with van der Waals surface area (Å²) in [6.45, 7) is 0.123. The highest BCUT2D eigenvalue weighted by Crippen LogP contribution is 2.26. The van der Waals surface area contributed by atoms with Crippen LogP contribution in [0.4, 0.5) is 5.82 Å². The number of nitrogens with one attached hydrogen (secondary N) is 1. The Labute approximate surface area is 155 Å². The quantitative estimate of drug-likeness (QED) is 0.739. The minimum atomic E-state index is -3.03. The lowest BCUT2D eigenvalue weighted by molar-refractivity contribution is -0.116. The van der Waals surface area contributed by atoms with Gasteiger partial charge < -0.3 is 9.88 Å². The first-order chi connectivity index (χ1) is 12.4. The van der Waals surface area contributed by atoms with Gasteiger partial charge in [-0.15, -0.1) is 0 Å². The number of anilines is 1. The average molecular weight is 393 g/mol. The third-order valence-electron chi connectivity index (χ3n) is 4.54. The van der Waals surface area contributed by atoms with E-state index in [0.29, 0.717) is 17.3 Å². The molecule has 1 N–H and O–H groups in total. The summed E-state index contributed by atoms with van der Waals surface area (Å²) < 4.78 is 26.8. The van der Waals surface area contributed by atoms with Crippen molar-refractivity contribution in [2.75, 3.05) is 16.8 Å². The highest BCUT2D eigenvalue weighted by Gasteiger charge is 2.31. The van der Waals surface area contributed by atoms with Crippen molar-refractivity contribution < 1.29 is 13.2 Å². The lowest BCUT2D eigenvalue weighted by Crippen LogP contribution is -2.22. The van der Waals surface area contributed by atoms with Crippen molar-refractivity contribution >= 4 is 44.1 Å². The van der Waals surface area contributed by atoms with Crippen LogP contribution in [0.2, 0.25) is 5.02 Å². The van der Waals surface area contributed by atoms with E-state index in [9.17, 15) is 13.2 Å². The van der Waals surface area contributed by atoms with Crippen molar-refractivity contribution in [2.45, 2.75) is 19.0 Å². The van der Waals surface area contributed by atoms with Crippen molar-refractivity contribution in [1.29, 1.82) is 0 Å². The van der Waals surface area contributed by atoms with Crippen LogP contribution in [-0.4, -0.2) is 40.2 Å². The molecular formula is C17H17ClN4O3S. The summed E-state index contributed by atoms with van der Waals surface area (Å²) in [5.41, 5.74) is 0.878. The van der Waals surface area contributed by atoms with Crippen LogP contribution in [0.15, 0.2) is 42.7 Å². The van der Waals surface area contributed by atoms with E-state index < -0.39 is 9.84 Å². The zero-order valence-corrected chi connectivity index (χ0v) is 15.4. The lowest BCUT2D eigenvalue weighted by atomic mass is 10.2. The van der Waals surface area contributed by atoms with Crippen LogP contribution in [0.5, 0.6) is 0 Å². The molecule has 26 heavy (non-hydrogen) atoms. The van der Waals surface area contributed by atoms with Crippen LogP contribution in [0.1, 0.15) is 12.5 Å². The minimum absolute atomic E-state index is 0.0539. The molecule has 1 amide bonds. The Hall–Kier alpha value is -2.32. The molecular weight excluding hydrogens is 376 g/mol. The van der Waals surface area contributed by atoms with E-state index in [1.54, 1.807) is 16.9 Å². The number of carbonyl (C=O) groups is 1. The maximum Gasteiger partial charge on any atom is 0.245 e. The summed E-state index contributed by atoms with van der Waals surface area (Å²) in [6.07, 6.45) is 3.90. The van der Waals surface area contributed by atoms with Gasteiger partial charge in [-0.05, 0) is 30.0 Å². The first-order valence-corrected chi connectivity index (χ1v) is 10.4. The van der Waals surface area contributed by atoms with Crippen molar-refractivity contribution in [3.63, 3.8) is 0 Å². The van der Waals surface area contributed by atoms with Crippen molar-refractivity contribution in [3.8, 4) is 0 Å². The summed E-state index contributed by atoms with van der Waals surface area (Å²) in [7, 11) is -3.03.